The summed E-state index contributed by atoms with van der Waals surface area (Å²) in [5.74, 6) is -4.03. The van der Waals surface area contributed by atoms with E-state index >= 15 is 0 Å². The van der Waals surface area contributed by atoms with Crippen LogP contribution in [0.15, 0.2) is 36.4 Å². The Labute approximate surface area is 233 Å². The Morgan fingerprint density at radius 3 is 2.12 bits per heavy atom. The van der Waals surface area contributed by atoms with E-state index in [9.17, 15) is 49.5 Å². The first-order chi connectivity index (χ1) is 18.7. The number of alkyl halides is 8. The van der Waals surface area contributed by atoms with Gasteiger partial charge >= 0.3 is 12.4 Å². The Bertz CT molecular complexity index is 1280. The molecule has 1 atom stereocenters. The number of anilines is 1. The van der Waals surface area contributed by atoms with Gasteiger partial charge in [0.25, 0.3) is 18.2 Å². The minimum absolute atomic E-state index is 0.109. The van der Waals surface area contributed by atoms with E-state index in [0.29, 0.717) is 20.8 Å². The molecule has 0 aliphatic rings. The molecule has 2 rings (SSSR count). The number of carbonyl (C=O) groups excluding carboxylic acids is 3. The molecule has 0 aromatic heterocycles. The zero-order valence-corrected chi connectivity index (χ0v) is 22.3. The number of ether oxygens (including phenoxy) is 1. The van der Waals surface area contributed by atoms with Gasteiger partial charge in [0.1, 0.15) is 23.8 Å². The second-order valence-corrected chi connectivity index (χ2v) is 9.63. The Balaban J connectivity index is 2.28. The third kappa shape index (κ3) is 8.93. The molecule has 0 radical (unpaired) electrons. The van der Waals surface area contributed by atoms with Crippen molar-refractivity contribution in [2.75, 3.05) is 11.9 Å². The van der Waals surface area contributed by atoms with E-state index in [1.54, 1.807) is 5.32 Å². The standard InChI is InChI=1S/C25H24ClF8N3O4/c1-12(24(29,30)31)36-21(39)16-9-14(5-7-18(16)41-11-19(27)28)37-20(38)15-8-13(4-6-17(15)26)10-35-22(40)23(2,3)25(32,33)34/h4-9,12,19H,10-11H2,1-3H3,(H,35,40)(H,36,39)(H,37,38). The number of hydrogen-bond donors (Lipinski definition) is 3. The molecule has 0 heterocycles. The van der Waals surface area contributed by atoms with Crippen LogP contribution in [0.4, 0.5) is 40.8 Å². The maximum atomic E-state index is 13.1. The summed E-state index contributed by atoms with van der Waals surface area (Å²) in [6.45, 7) is 0.495. The van der Waals surface area contributed by atoms with Crippen LogP contribution in [0.5, 0.6) is 5.75 Å². The highest BCUT2D eigenvalue weighted by Crippen LogP contribution is 2.37. The number of halogens is 9. The molecule has 2 aromatic rings. The number of nitrogens with one attached hydrogen (secondary N) is 3. The third-order valence-corrected chi connectivity index (χ3v) is 6.02. The topological polar surface area (TPSA) is 96.5 Å². The van der Waals surface area contributed by atoms with Gasteiger partial charge in [-0.15, -0.1) is 0 Å². The summed E-state index contributed by atoms with van der Waals surface area (Å²) >= 11 is 6.07. The van der Waals surface area contributed by atoms with Gasteiger partial charge in [0, 0.05) is 12.2 Å². The summed E-state index contributed by atoms with van der Waals surface area (Å²) < 4.78 is 108. The van der Waals surface area contributed by atoms with Crippen molar-refractivity contribution in [3.8, 4) is 5.75 Å². The maximum absolute atomic E-state index is 13.1. The first-order valence-corrected chi connectivity index (χ1v) is 12.0. The normalized spacial score (nSPS) is 13.0. The van der Waals surface area contributed by atoms with E-state index in [4.69, 9.17) is 16.3 Å². The van der Waals surface area contributed by atoms with E-state index in [1.165, 1.54) is 18.2 Å². The number of benzene rings is 2. The van der Waals surface area contributed by atoms with Crippen molar-refractivity contribution in [2.45, 2.75) is 52.1 Å². The second kappa shape index (κ2) is 12.9. The lowest BCUT2D eigenvalue weighted by Crippen LogP contribution is -2.46. The molecule has 0 fully saturated rings. The van der Waals surface area contributed by atoms with Gasteiger partial charge in [0.2, 0.25) is 5.91 Å². The Morgan fingerprint density at radius 2 is 1.56 bits per heavy atom. The fourth-order valence-electron chi connectivity index (χ4n) is 3.01. The predicted octanol–water partition coefficient (Wildman–Crippen LogP) is 6.12. The van der Waals surface area contributed by atoms with E-state index < -0.39 is 72.4 Å². The van der Waals surface area contributed by atoms with E-state index in [-0.39, 0.29) is 21.8 Å². The molecule has 7 nitrogen and oxygen atoms in total. The largest absolute Gasteiger partial charge is 0.487 e. The number of rotatable bonds is 10. The maximum Gasteiger partial charge on any atom is 0.408 e. The van der Waals surface area contributed by atoms with Gasteiger partial charge in [0.15, 0.2) is 0 Å². The van der Waals surface area contributed by atoms with Gasteiger partial charge in [-0.3, -0.25) is 14.4 Å². The second-order valence-electron chi connectivity index (χ2n) is 9.22. The van der Waals surface area contributed by atoms with E-state index in [0.717, 1.165) is 18.2 Å². The molecular weight excluding hydrogens is 594 g/mol. The number of carbonyl (C=O) groups is 3. The molecule has 226 valence electrons. The summed E-state index contributed by atoms with van der Waals surface area (Å²) in [5.41, 5.74) is -3.45. The molecule has 1 unspecified atom stereocenters. The van der Waals surface area contributed by atoms with Crippen LogP contribution in [0.25, 0.3) is 0 Å². The molecule has 0 bridgehead atoms. The monoisotopic (exact) mass is 617 g/mol. The molecule has 0 aliphatic carbocycles. The smallest absolute Gasteiger partial charge is 0.408 e. The quantitative estimate of drug-likeness (QED) is 0.280. The fraction of sp³-hybridized carbons (Fsp3) is 0.400. The van der Waals surface area contributed by atoms with Gasteiger partial charge in [-0.2, -0.15) is 26.3 Å². The lowest BCUT2D eigenvalue weighted by molar-refractivity contribution is -0.211. The van der Waals surface area contributed by atoms with Gasteiger partial charge in [-0.25, -0.2) is 8.78 Å². The average molecular weight is 618 g/mol. The zero-order valence-electron chi connectivity index (χ0n) is 21.6. The predicted molar refractivity (Wildman–Crippen MR) is 132 cm³/mol. The Kier molecular flexibility index (Phi) is 10.6. The van der Waals surface area contributed by atoms with Crippen molar-refractivity contribution in [1.82, 2.24) is 10.6 Å². The van der Waals surface area contributed by atoms with Crippen LogP contribution in [-0.2, 0) is 11.3 Å². The average Bonchev–Trinajstić information content (AvgIpc) is 2.85. The van der Waals surface area contributed by atoms with E-state index in [2.05, 4.69) is 10.6 Å². The summed E-state index contributed by atoms with van der Waals surface area (Å²) in [7, 11) is 0. The highest BCUT2D eigenvalue weighted by molar-refractivity contribution is 6.34. The molecule has 2 aromatic carbocycles. The SMILES string of the molecule is CC(NC(=O)c1cc(NC(=O)c2cc(CNC(=O)C(C)(C)C(F)(F)F)ccc2Cl)ccc1OCC(F)F)C(F)(F)F. The minimum Gasteiger partial charge on any atom is -0.487 e. The van der Waals surface area contributed by atoms with Crippen LogP contribution >= 0.6 is 11.6 Å². The van der Waals surface area contributed by atoms with Crippen LogP contribution in [0.2, 0.25) is 5.02 Å². The summed E-state index contributed by atoms with van der Waals surface area (Å²) in [4.78, 5) is 37.5. The molecule has 0 saturated carbocycles. The minimum atomic E-state index is -4.82. The molecule has 16 heteroatoms. The molecule has 0 saturated heterocycles. The van der Waals surface area contributed by atoms with Crippen molar-refractivity contribution >= 4 is 35.0 Å². The first-order valence-electron chi connectivity index (χ1n) is 11.6. The van der Waals surface area contributed by atoms with Gasteiger partial charge in [-0.05, 0) is 56.7 Å². The van der Waals surface area contributed by atoms with Crippen molar-refractivity contribution < 1.29 is 54.2 Å². The first kappa shape index (κ1) is 33.6. The molecule has 3 N–H and O–H groups in total. The third-order valence-electron chi connectivity index (χ3n) is 5.69. The van der Waals surface area contributed by atoms with Gasteiger partial charge < -0.3 is 20.7 Å². The van der Waals surface area contributed by atoms with E-state index in [1.807, 2.05) is 0 Å². The Hall–Kier alpha value is -3.62. The van der Waals surface area contributed by atoms with Crippen LogP contribution in [0.1, 0.15) is 47.1 Å². The van der Waals surface area contributed by atoms with Crippen molar-refractivity contribution in [1.29, 1.82) is 0 Å². The molecule has 3 amide bonds. The summed E-state index contributed by atoms with van der Waals surface area (Å²) in [5, 5.41) is 6.02. The van der Waals surface area contributed by atoms with Crippen LogP contribution < -0.4 is 20.7 Å². The molecular formula is C25H24ClF8N3O4. The Morgan fingerprint density at radius 1 is 0.927 bits per heavy atom. The van der Waals surface area contributed by atoms with Crippen LogP contribution in [0.3, 0.4) is 0 Å². The summed E-state index contributed by atoms with van der Waals surface area (Å²) in [6, 6.07) is 4.47. The van der Waals surface area contributed by atoms with Crippen molar-refractivity contribution in [3.63, 3.8) is 0 Å². The lowest BCUT2D eigenvalue weighted by Gasteiger charge is -2.26. The highest BCUT2D eigenvalue weighted by Gasteiger charge is 2.52. The van der Waals surface area contributed by atoms with Crippen LogP contribution in [0, 0.1) is 5.41 Å². The molecule has 0 spiro atoms. The number of amides is 3. The van der Waals surface area contributed by atoms with Crippen molar-refractivity contribution in [2.24, 2.45) is 5.41 Å². The fourth-order valence-corrected chi connectivity index (χ4v) is 3.21. The lowest BCUT2D eigenvalue weighted by atomic mass is 9.91. The zero-order chi connectivity index (χ0) is 31.3. The molecule has 0 aliphatic heterocycles. The van der Waals surface area contributed by atoms with Gasteiger partial charge in [-0.1, -0.05) is 17.7 Å². The van der Waals surface area contributed by atoms with Gasteiger partial charge in [0.05, 0.1) is 16.1 Å². The van der Waals surface area contributed by atoms with Crippen LogP contribution in [-0.4, -0.2) is 49.1 Å². The van der Waals surface area contributed by atoms with Crippen molar-refractivity contribution in [3.05, 3.63) is 58.1 Å². The summed E-state index contributed by atoms with van der Waals surface area (Å²) in [6.07, 6.45) is -12.6. The highest BCUT2D eigenvalue weighted by atomic mass is 35.5. The molecule has 41 heavy (non-hydrogen) atoms. The number of hydrogen-bond acceptors (Lipinski definition) is 4.